The number of alkyl halides is 1. The van der Waals surface area contributed by atoms with Crippen LogP contribution in [0.5, 0.6) is 5.75 Å². The van der Waals surface area contributed by atoms with Crippen LogP contribution in [0.1, 0.15) is 32.4 Å². The third-order valence-electron chi connectivity index (χ3n) is 6.28. The highest BCUT2D eigenvalue weighted by atomic mass is 19.1. The normalized spacial score (nSPS) is 13.5. The molecule has 0 aliphatic carbocycles. The first kappa shape index (κ1) is 27.2. The number of halogens is 3. The Bertz CT molecular complexity index is 1410. The zero-order valence-electron chi connectivity index (χ0n) is 21.9. The number of hydrogen-bond donors (Lipinski definition) is 0. The Labute approximate surface area is 218 Å². The van der Waals surface area contributed by atoms with E-state index in [-0.39, 0.29) is 5.56 Å². The highest BCUT2D eigenvalue weighted by Gasteiger charge is 2.36. The van der Waals surface area contributed by atoms with Crippen LogP contribution in [0.4, 0.5) is 13.2 Å². The van der Waals surface area contributed by atoms with Crippen LogP contribution in [-0.2, 0) is 16.1 Å². The fraction of sp³-hybridized carbons (Fsp3) is 0.370. The lowest BCUT2D eigenvalue weighted by molar-refractivity contribution is -0.144. The minimum absolute atomic E-state index is 0.172. The summed E-state index contributed by atoms with van der Waals surface area (Å²) in [4.78, 5) is 13.8. The summed E-state index contributed by atoms with van der Waals surface area (Å²) in [6.45, 7) is 5.08. The first-order valence-corrected chi connectivity index (χ1v) is 12.1. The predicted octanol–water partition coefficient (Wildman–Crippen LogP) is 4.86. The largest absolute Gasteiger partial charge is 0.484 e. The van der Waals surface area contributed by atoms with Gasteiger partial charge in [0.05, 0.1) is 43.3 Å². The molecule has 202 valence electrons. The lowest BCUT2D eigenvalue weighted by Crippen LogP contribution is -2.47. The van der Waals surface area contributed by atoms with Gasteiger partial charge in [-0.05, 0) is 51.1 Å². The van der Waals surface area contributed by atoms with Gasteiger partial charge in [0.15, 0.2) is 5.67 Å². The molecule has 8 nitrogen and oxygen atoms in total. The standard InChI is InChI=1S/C27H30F3N5O3/c1-17(33(4)26(36)27(2,3)30)25(18-10-20(28)13-21(29)11-18)38-23-6-7-24-19(12-23)14-32-35(24)22-15-31-34(16-22)8-9-37-5/h6-7,10-17,25H,8-9H2,1-5H3/t17-,25-/m0/s1. The van der Waals surface area contributed by atoms with E-state index in [2.05, 4.69) is 10.2 Å². The van der Waals surface area contributed by atoms with Crippen LogP contribution >= 0.6 is 0 Å². The van der Waals surface area contributed by atoms with Crippen molar-refractivity contribution in [3.8, 4) is 11.4 Å². The van der Waals surface area contributed by atoms with Gasteiger partial charge < -0.3 is 14.4 Å². The molecule has 4 aromatic rings. The number of carbonyl (C=O) groups is 1. The van der Waals surface area contributed by atoms with Crippen molar-refractivity contribution in [2.75, 3.05) is 20.8 Å². The van der Waals surface area contributed by atoms with Gasteiger partial charge in [-0.15, -0.1) is 0 Å². The van der Waals surface area contributed by atoms with E-state index in [0.717, 1.165) is 48.6 Å². The summed E-state index contributed by atoms with van der Waals surface area (Å²) in [5.41, 5.74) is -0.409. The average Bonchev–Trinajstić information content (AvgIpc) is 3.50. The molecule has 0 unspecified atom stereocenters. The second-order valence-electron chi connectivity index (χ2n) is 9.60. The maximum atomic E-state index is 14.4. The van der Waals surface area contributed by atoms with Crippen molar-refractivity contribution >= 4 is 16.8 Å². The molecule has 0 aliphatic rings. The van der Waals surface area contributed by atoms with Crippen LogP contribution in [0, 0.1) is 11.6 Å². The summed E-state index contributed by atoms with van der Waals surface area (Å²) in [5, 5.41) is 9.53. The molecule has 4 rings (SSSR count). The van der Waals surface area contributed by atoms with E-state index < -0.39 is 35.4 Å². The van der Waals surface area contributed by atoms with Crippen molar-refractivity contribution in [2.45, 2.75) is 45.1 Å². The van der Waals surface area contributed by atoms with E-state index in [9.17, 15) is 18.0 Å². The Balaban J connectivity index is 1.66. The third kappa shape index (κ3) is 5.83. The van der Waals surface area contributed by atoms with E-state index >= 15 is 0 Å². The second kappa shape index (κ2) is 10.9. The van der Waals surface area contributed by atoms with Gasteiger partial charge in [-0.25, -0.2) is 17.9 Å². The summed E-state index contributed by atoms with van der Waals surface area (Å²) >= 11 is 0. The molecular formula is C27H30F3N5O3. The maximum absolute atomic E-state index is 14.4. The van der Waals surface area contributed by atoms with E-state index in [1.54, 1.807) is 54.0 Å². The molecular weight excluding hydrogens is 499 g/mol. The molecule has 2 aromatic carbocycles. The molecule has 0 spiro atoms. The van der Waals surface area contributed by atoms with Gasteiger partial charge in [0.1, 0.15) is 29.2 Å². The first-order chi connectivity index (χ1) is 18.0. The van der Waals surface area contributed by atoms with E-state index in [0.29, 0.717) is 18.9 Å². The second-order valence-corrected chi connectivity index (χ2v) is 9.60. The van der Waals surface area contributed by atoms with E-state index in [1.807, 2.05) is 6.20 Å². The summed E-state index contributed by atoms with van der Waals surface area (Å²) < 4.78 is 57.4. The number of amides is 1. The number of ether oxygens (including phenoxy) is 2. The van der Waals surface area contributed by atoms with Gasteiger partial charge in [0, 0.05) is 31.2 Å². The Morgan fingerprint density at radius 1 is 1.11 bits per heavy atom. The quantitative estimate of drug-likeness (QED) is 0.293. The van der Waals surface area contributed by atoms with Crippen LogP contribution in [-0.4, -0.2) is 62.8 Å². The number of methoxy groups -OCH3 is 1. The predicted molar refractivity (Wildman–Crippen MR) is 136 cm³/mol. The molecule has 2 aromatic heterocycles. The molecule has 0 N–H and O–H groups in total. The van der Waals surface area contributed by atoms with Crippen molar-refractivity contribution in [1.82, 2.24) is 24.5 Å². The first-order valence-electron chi connectivity index (χ1n) is 12.1. The molecule has 1 amide bonds. The Hall–Kier alpha value is -3.86. The number of aromatic nitrogens is 4. The number of hydrogen-bond acceptors (Lipinski definition) is 5. The van der Waals surface area contributed by atoms with Gasteiger partial charge in [-0.3, -0.25) is 9.48 Å². The minimum Gasteiger partial charge on any atom is -0.484 e. The van der Waals surface area contributed by atoms with Crippen LogP contribution in [0.15, 0.2) is 55.0 Å². The lowest BCUT2D eigenvalue weighted by atomic mass is 10.00. The molecule has 0 saturated carbocycles. The number of fused-ring (bicyclic) bond motifs is 1. The van der Waals surface area contributed by atoms with Gasteiger partial charge in [0.25, 0.3) is 5.91 Å². The minimum atomic E-state index is -2.13. The molecule has 38 heavy (non-hydrogen) atoms. The van der Waals surface area contributed by atoms with Gasteiger partial charge in [-0.2, -0.15) is 10.2 Å². The zero-order valence-corrected chi connectivity index (χ0v) is 21.9. The van der Waals surface area contributed by atoms with Crippen LogP contribution < -0.4 is 4.74 Å². The maximum Gasteiger partial charge on any atom is 0.259 e. The van der Waals surface area contributed by atoms with Crippen LogP contribution in [0.3, 0.4) is 0 Å². The fourth-order valence-electron chi connectivity index (χ4n) is 4.20. The molecule has 0 fully saturated rings. The molecule has 11 heteroatoms. The zero-order chi connectivity index (χ0) is 27.6. The molecule has 2 atom stereocenters. The monoisotopic (exact) mass is 529 g/mol. The van der Waals surface area contributed by atoms with Crippen molar-refractivity contribution in [2.24, 2.45) is 0 Å². The number of carbonyl (C=O) groups excluding carboxylic acids is 1. The van der Waals surface area contributed by atoms with Gasteiger partial charge in [0.2, 0.25) is 0 Å². The number of benzene rings is 2. The van der Waals surface area contributed by atoms with Gasteiger partial charge >= 0.3 is 0 Å². The molecule has 0 bridgehead atoms. The van der Waals surface area contributed by atoms with Crippen LogP contribution in [0.25, 0.3) is 16.6 Å². The average molecular weight is 530 g/mol. The fourth-order valence-corrected chi connectivity index (χ4v) is 4.20. The van der Waals surface area contributed by atoms with Gasteiger partial charge in [-0.1, -0.05) is 0 Å². The molecule has 0 saturated heterocycles. The van der Waals surface area contributed by atoms with Crippen molar-refractivity contribution in [1.29, 1.82) is 0 Å². The third-order valence-corrected chi connectivity index (χ3v) is 6.28. The highest BCUT2D eigenvalue weighted by molar-refractivity contribution is 5.84. The van der Waals surface area contributed by atoms with Crippen molar-refractivity contribution < 1.29 is 27.4 Å². The summed E-state index contributed by atoms with van der Waals surface area (Å²) in [6, 6.07) is 7.51. The Kier molecular flexibility index (Phi) is 7.77. The van der Waals surface area contributed by atoms with Crippen molar-refractivity contribution in [3.05, 3.63) is 72.2 Å². The topological polar surface area (TPSA) is 74.4 Å². The molecule has 2 heterocycles. The number of rotatable bonds is 10. The molecule has 0 aliphatic heterocycles. The molecule has 0 radical (unpaired) electrons. The van der Waals surface area contributed by atoms with E-state index in [4.69, 9.17) is 9.47 Å². The Morgan fingerprint density at radius 3 is 2.47 bits per heavy atom. The van der Waals surface area contributed by atoms with Crippen molar-refractivity contribution in [3.63, 3.8) is 0 Å². The summed E-state index contributed by atoms with van der Waals surface area (Å²) in [6.07, 6.45) is 4.21. The van der Waals surface area contributed by atoms with Crippen LogP contribution in [0.2, 0.25) is 0 Å². The summed E-state index contributed by atoms with van der Waals surface area (Å²) in [5.74, 6) is -1.97. The Morgan fingerprint density at radius 2 is 1.82 bits per heavy atom. The smallest absolute Gasteiger partial charge is 0.259 e. The SMILES string of the molecule is COCCn1cc(-n2ncc3cc(O[C@H](c4cc(F)cc(F)c4)[C@H](C)N(C)C(=O)C(C)(C)F)ccc32)cn1. The number of nitrogens with zero attached hydrogens (tertiary/aromatic N) is 5. The van der Waals surface area contributed by atoms with E-state index in [1.165, 1.54) is 11.9 Å². The lowest BCUT2D eigenvalue weighted by Gasteiger charge is -2.34. The highest BCUT2D eigenvalue weighted by Crippen LogP contribution is 2.32. The summed E-state index contributed by atoms with van der Waals surface area (Å²) in [7, 11) is 3.05. The number of likely N-dealkylation sites (N-methyl/N-ethyl adjacent to an activating group) is 1.